The molecule has 0 bridgehead atoms. The third-order valence-electron chi connectivity index (χ3n) is 5.47. The van der Waals surface area contributed by atoms with Gasteiger partial charge in [-0.15, -0.1) is 0 Å². The van der Waals surface area contributed by atoms with Gasteiger partial charge in [0.25, 0.3) is 11.8 Å². The molecule has 4 rings (SSSR count). The lowest BCUT2D eigenvalue weighted by molar-refractivity contribution is 0.0172. The number of hydrogen-bond acceptors (Lipinski definition) is 7. The summed E-state index contributed by atoms with van der Waals surface area (Å²) in [5.74, 6) is -0.402. The summed E-state index contributed by atoms with van der Waals surface area (Å²) in [7, 11) is -2.31. The topological polar surface area (TPSA) is 114 Å². The first-order valence-corrected chi connectivity index (χ1v) is 11.3. The highest BCUT2D eigenvalue weighted by Gasteiger charge is 2.30. The number of ether oxygens (including phenoxy) is 2. The quantitative estimate of drug-likeness (QED) is 0.610. The van der Waals surface area contributed by atoms with Crippen LogP contribution in [0.4, 0.5) is 0 Å². The minimum absolute atomic E-state index is 0.0627. The standard InChI is InChI=1S/C21H23N3O6S/c1-29-15-4-2-14(3-5-15)19(24-8-10-30-11-9-24)13-22-31(27,28)16-6-7-17-18(12-16)21(26)23-20(17)25/h2-7,12,19,22H,8-11,13H2,1H3,(H,23,25,26). The van der Waals surface area contributed by atoms with Gasteiger partial charge in [-0.05, 0) is 35.9 Å². The second kappa shape index (κ2) is 8.75. The van der Waals surface area contributed by atoms with Gasteiger partial charge in [-0.3, -0.25) is 19.8 Å². The van der Waals surface area contributed by atoms with Gasteiger partial charge in [-0.1, -0.05) is 12.1 Å². The third-order valence-corrected chi connectivity index (χ3v) is 6.89. The summed E-state index contributed by atoms with van der Waals surface area (Å²) in [6, 6.07) is 11.2. The fraction of sp³-hybridized carbons (Fsp3) is 0.333. The van der Waals surface area contributed by atoms with Crippen molar-refractivity contribution in [3.05, 3.63) is 59.2 Å². The molecule has 1 atom stereocenters. The van der Waals surface area contributed by atoms with E-state index in [4.69, 9.17) is 9.47 Å². The number of carbonyl (C=O) groups excluding carboxylic acids is 2. The van der Waals surface area contributed by atoms with Crippen LogP contribution in [0.5, 0.6) is 5.75 Å². The molecular weight excluding hydrogens is 422 g/mol. The van der Waals surface area contributed by atoms with E-state index in [-0.39, 0.29) is 28.6 Å². The number of hydrogen-bond donors (Lipinski definition) is 2. The van der Waals surface area contributed by atoms with E-state index in [0.29, 0.717) is 26.3 Å². The van der Waals surface area contributed by atoms with Gasteiger partial charge in [-0.2, -0.15) is 0 Å². The van der Waals surface area contributed by atoms with Crippen LogP contribution in [0, 0.1) is 0 Å². The molecule has 2 aromatic rings. The summed E-state index contributed by atoms with van der Waals surface area (Å²) in [4.78, 5) is 25.7. The first-order chi connectivity index (χ1) is 14.9. The molecule has 0 radical (unpaired) electrons. The van der Waals surface area contributed by atoms with E-state index < -0.39 is 21.8 Å². The molecule has 2 aliphatic rings. The number of benzene rings is 2. The van der Waals surface area contributed by atoms with E-state index in [1.165, 1.54) is 18.2 Å². The van der Waals surface area contributed by atoms with Crippen molar-refractivity contribution in [1.82, 2.24) is 14.9 Å². The number of fused-ring (bicyclic) bond motifs is 1. The highest BCUT2D eigenvalue weighted by molar-refractivity contribution is 7.89. The summed E-state index contributed by atoms with van der Waals surface area (Å²) in [6.45, 7) is 2.65. The summed E-state index contributed by atoms with van der Waals surface area (Å²) < 4.78 is 39.2. The predicted molar refractivity (Wildman–Crippen MR) is 112 cm³/mol. The van der Waals surface area contributed by atoms with Crippen molar-refractivity contribution in [2.24, 2.45) is 0 Å². The fourth-order valence-corrected chi connectivity index (χ4v) is 4.82. The Morgan fingerprint density at radius 1 is 1.06 bits per heavy atom. The molecule has 2 N–H and O–H groups in total. The summed E-state index contributed by atoms with van der Waals surface area (Å²) in [5, 5.41) is 2.16. The molecule has 1 fully saturated rings. The Hall–Kier alpha value is -2.79. The molecule has 164 valence electrons. The number of methoxy groups -OCH3 is 1. The van der Waals surface area contributed by atoms with Crippen LogP contribution in [-0.2, 0) is 14.8 Å². The van der Waals surface area contributed by atoms with E-state index in [0.717, 1.165) is 11.3 Å². The average Bonchev–Trinajstić information content (AvgIpc) is 3.08. The maximum absolute atomic E-state index is 12.9. The minimum atomic E-state index is -3.90. The van der Waals surface area contributed by atoms with Crippen LogP contribution < -0.4 is 14.8 Å². The van der Waals surface area contributed by atoms with Crippen LogP contribution in [0.3, 0.4) is 0 Å². The van der Waals surface area contributed by atoms with E-state index in [2.05, 4.69) is 14.9 Å². The Kier molecular flexibility index (Phi) is 6.05. The second-order valence-electron chi connectivity index (χ2n) is 7.28. The van der Waals surface area contributed by atoms with E-state index >= 15 is 0 Å². The van der Waals surface area contributed by atoms with Gasteiger partial charge in [-0.25, -0.2) is 13.1 Å². The van der Waals surface area contributed by atoms with Crippen molar-refractivity contribution in [1.29, 1.82) is 0 Å². The highest BCUT2D eigenvalue weighted by Crippen LogP contribution is 2.25. The predicted octanol–water partition coefficient (Wildman–Crippen LogP) is 0.931. The van der Waals surface area contributed by atoms with Crippen molar-refractivity contribution in [3.8, 4) is 5.75 Å². The second-order valence-corrected chi connectivity index (χ2v) is 9.05. The fourth-order valence-electron chi connectivity index (χ4n) is 3.76. The first kappa shape index (κ1) is 21.4. The molecule has 0 aliphatic carbocycles. The van der Waals surface area contributed by atoms with Crippen molar-refractivity contribution < 1.29 is 27.5 Å². The van der Waals surface area contributed by atoms with E-state index in [1.54, 1.807) is 7.11 Å². The molecule has 0 saturated carbocycles. The maximum atomic E-state index is 12.9. The van der Waals surface area contributed by atoms with Crippen LogP contribution in [0.2, 0.25) is 0 Å². The molecule has 0 aromatic heterocycles. The number of rotatable bonds is 7. The summed E-state index contributed by atoms with van der Waals surface area (Å²) in [5.41, 5.74) is 1.19. The number of morpholine rings is 1. The molecule has 2 aromatic carbocycles. The highest BCUT2D eigenvalue weighted by atomic mass is 32.2. The van der Waals surface area contributed by atoms with Crippen LogP contribution in [0.25, 0.3) is 0 Å². The van der Waals surface area contributed by atoms with Crippen LogP contribution >= 0.6 is 0 Å². The third kappa shape index (κ3) is 4.47. The molecule has 1 unspecified atom stereocenters. The van der Waals surface area contributed by atoms with Gasteiger partial charge in [0.2, 0.25) is 10.0 Å². The number of carbonyl (C=O) groups is 2. The van der Waals surface area contributed by atoms with Crippen molar-refractivity contribution in [2.75, 3.05) is 40.0 Å². The molecule has 2 aliphatic heterocycles. The molecule has 9 nitrogen and oxygen atoms in total. The average molecular weight is 445 g/mol. The Labute approximate surface area is 180 Å². The molecule has 1 saturated heterocycles. The Morgan fingerprint density at radius 3 is 2.42 bits per heavy atom. The minimum Gasteiger partial charge on any atom is -0.497 e. The molecule has 2 amide bonds. The van der Waals surface area contributed by atoms with Crippen molar-refractivity contribution >= 4 is 21.8 Å². The molecule has 0 spiro atoms. The molecule has 2 heterocycles. The summed E-state index contributed by atoms with van der Waals surface area (Å²) >= 11 is 0. The number of sulfonamides is 1. The van der Waals surface area contributed by atoms with Gasteiger partial charge in [0.05, 0.1) is 36.3 Å². The van der Waals surface area contributed by atoms with Gasteiger partial charge >= 0.3 is 0 Å². The zero-order valence-electron chi connectivity index (χ0n) is 17.0. The lowest BCUT2D eigenvalue weighted by atomic mass is 10.0. The number of imide groups is 1. The lowest BCUT2D eigenvalue weighted by Crippen LogP contribution is -2.43. The molecule has 31 heavy (non-hydrogen) atoms. The number of nitrogens with zero attached hydrogens (tertiary/aromatic N) is 1. The smallest absolute Gasteiger partial charge is 0.258 e. The zero-order valence-corrected chi connectivity index (χ0v) is 17.8. The van der Waals surface area contributed by atoms with Gasteiger partial charge in [0.1, 0.15) is 5.75 Å². The number of nitrogens with one attached hydrogen (secondary N) is 2. The van der Waals surface area contributed by atoms with Gasteiger partial charge in [0, 0.05) is 25.7 Å². The van der Waals surface area contributed by atoms with Crippen molar-refractivity contribution in [3.63, 3.8) is 0 Å². The zero-order chi connectivity index (χ0) is 22.0. The van der Waals surface area contributed by atoms with Crippen LogP contribution in [0.1, 0.15) is 32.3 Å². The van der Waals surface area contributed by atoms with Crippen LogP contribution in [0.15, 0.2) is 47.4 Å². The largest absolute Gasteiger partial charge is 0.497 e. The Bertz CT molecular complexity index is 1090. The first-order valence-electron chi connectivity index (χ1n) is 9.84. The molecular formula is C21H23N3O6S. The van der Waals surface area contributed by atoms with Crippen molar-refractivity contribution in [2.45, 2.75) is 10.9 Å². The Balaban J connectivity index is 1.56. The van der Waals surface area contributed by atoms with Gasteiger partial charge < -0.3 is 9.47 Å². The summed E-state index contributed by atoms with van der Waals surface area (Å²) in [6.07, 6.45) is 0. The normalized spacial score (nSPS) is 17.8. The SMILES string of the molecule is COc1ccc(C(CNS(=O)(=O)c2ccc3c(c2)C(=O)NC3=O)N2CCOCC2)cc1. The monoisotopic (exact) mass is 445 g/mol. The van der Waals surface area contributed by atoms with E-state index in [1.807, 2.05) is 24.3 Å². The van der Waals surface area contributed by atoms with E-state index in [9.17, 15) is 18.0 Å². The molecule has 10 heteroatoms. The Morgan fingerprint density at radius 2 is 1.74 bits per heavy atom. The number of amides is 2. The van der Waals surface area contributed by atoms with Gasteiger partial charge in [0.15, 0.2) is 0 Å². The van der Waals surface area contributed by atoms with Crippen LogP contribution in [-0.4, -0.2) is 65.1 Å². The lowest BCUT2D eigenvalue weighted by Gasteiger charge is -2.35. The maximum Gasteiger partial charge on any atom is 0.258 e.